The molecule has 1 saturated heterocycles. The van der Waals surface area contributed by atoms with E-state index in [1.54, 1.807) is 0 Å². The van der Waals surface area contributed by atoms with Gasteiger partial charge in [0.05, 0.1) is 0 Å². The largest absolute Gasteiger partial charge is 0.354 e. The van der Waals surface area contributed by atoms with E-state index in [9.17, 15) is 0 Å². The first-order chi connectivity index (χ1) is 9.61. The van der Waals surface area contributed by atoms with E-state index in [4.69, 9.17) is 16.6 Å². The van der Waals surface area contributed by atoms with E-state index in [2.05, 4.69) is 28.6 Å². The first kappa shape index (κ1) is 14.1. The van der Waals surface area contributed by atoms with Gasteiger partial charge in [-0.1, -0.05) is 25.4 Å². The molecule has 1 aliphatic carbocycles. The molecule has 1 aromatic rings. The Morgan fingerprint density at radius 3 is 2.50 bits per heavy atom. The van der Waals surface area contributed by atoms with Crippen molar-refractivity contribution >= 4 is 17.4 Å². The number of piperazine rings is 1. The Bertz CT molecular complexity index is 465. The highest BCUT2D eigenvalue weighted by molar-refractivity contribution is 6.29. The van der Waals surface area contributed by atoms with Crippen molar-refractivity contribution in [3.05, 3.63) is 17.0 Å². The first-order valence-electron chi connectivity index (χ1n) is 7.63. The fraction of sp³-hybridized carbons (Fsp3) is 0.733. The van der Waals surface area contributed by atoms with E-state index in [1.165, 1.54) is 19.4 Å². The molecule has 0 radical (unpaired) electrons. The number of hydrogen-bond acceptors (Lipinski definition) is 4. The molecule has 0 atom stereocenters. The third-order valence-electron chi connectivity index (χ3n) is 3.96. The summed E-state index contributed by atoms with van der Waals surface area (Å²) in [5.41, 5.74) is 0. The van der Waals surface area contributed by atoms with E-state index in [0.717, 1.165) is 43.7 Å². The van der Waals surface area contributed by atoms with Gasteiger partial charge in [-0.05, 0) is 18.8 Å². The molecule has 2 heterocycles. The van der Waals surface area contributed by atoms with E-state index >= 15 is 0 Å². The van der Waals surface area contributed by atoms with Crippen molar-refractivity contribution in [2.24, 2.45) is 5.92 Å². The summed E-state index contributed by atoms with van der Waals surface area (Å²) in [6.45, 7) is 10.0. The van der Waals surface area contributed by atoms with Crippen molar-refractivity contribution in [3.63, 3.8) is 0 Å². The third-order valence-corrected chi connectivity index (χ3v) is 4.15. The molecular weight excluding hydrogens is 272 g/mol. The van der Waals surface area contributed by atoms with E-state index < -0.39 is 0 Å². The Morgan fingerprint density at radius 2 is 1.90 bits per heavy atom. The lowest BCUT2D eigenvalue weighted by molar-refractivity contribution is 0.231. The second-order valence-electron chi connectivity index (χ2n) is 6.36. The van der Waals surface area contributed by atoms with Crippen LogP contribution in [-0.4, -0.2) is 47.6 Å². The summed E-state index contributed by atoms with van der Waals surface area (Å²) in [6, 6.07) is 1.91. The highest BCUT2D eigenvalue weighted by Crippen LogP contribution is 2.39. The van der Waals surface area contributed by atoms with Gasteiger partial charge in [0, 0.05) is 44.7 Å². The minimum absolute atomic E-state index is 0.551. The minimum Gasteiger partial charge on any atom is -0.354 e. The highest BCUT2D eigenvalue weighted by atomic mass is 35.5. The summed E-state index contributed by atoms with van der Waals surface area (Å²) < 4.78 is 0. The van der Waals surface area contributed by atoms with Crippen molar-refractivity contribution in [3.8, 4) is 0 Å². The maximum absolute atomic E-state index is 6.15. The van der Waals surface area contributed by atoms with Crippen LogP contribution in [0.5, 0.6) is 0 Å². The summed E-state index contributed by atoms with van der Waals surface area (Å²) in [6.07, 6.45) is 2.42. The molecule has 3 rings (SSSR count). The van der Waals surface area contributed by atoms with Crippen LogP contribution in [0.4, 0.5) is 5.82 Å². The van der Waals surface area contributed by atoms with Crippen molar-refractivity contribution < 1.29 is 0 Å². The lowest BCUT2D eigenvalue weighted by Gasteiger charge is -2.36. The van der Waals surface area contributed by atoms with Gasteiger partial charge in [-0.15, -0.1) is 0 Å². The Morgan fingerprint density at radius 1 is 1.20 bits per heavy atom. The number of anilines is 1. The highest BCUT2D eigenvalue weighted by Gasteiger charge is 2.28. The minimum atomic E-state index is 0.551. The second-order valence-corrected chi connectivity index (χ2v) is 6.75. The third kappa shape index (κ3) is 3.41. The van der Waals surface area contributed by atoms with Gasteiger partial charge in [0.15, 0.2) is 0 Å². The standard InChI is InChI=1S/C15H23ClN4/c1-11(2)10-19-5-7-20(8-6-19)14-9-13(16)17-15(18-14)12-3-4-12/h9,11-12H,3-8,10H2,1-2H3. The Kier molecular flexibility index (Phi) is 4.13. The van der Waals surface area contributed by atoms with Crippen molar-refractivity contribution in [2.75, 3.05) is 37.6 Å². The Hall–Kier alpha value is -0.870. The molecule has 4 nitrogen and oxygen atoms in total. The van der Waals surface area contributed by atoms with Crippen LogP contribution in [0.2, 0.25) is 5.15 Å². The molecule has 0 unspecified atom stereocenters. The topological polar surface area (TPSA) is 32.3 Å². The molecule has 2 aliphatic rings. The molecule has 0 spiro atoms. The molecule has 2 fully saturated rings. The number of nitrogens with zero attached hydrogens (tertiary/aromatic N) is 4. The molecule has 1 aliphatic heterocycles. The van der Waals surface area contributed by atoms with Crippen LogP contribution >= 0.6 is 11.6 Å². The first-order valence-corrected chi connectivity index (χ1v) is 8.01. The van der Waals surface area contributed by atoms with Crippen molar-refractivity contribution in [1.29, 1.82) is 0 Å². The lowest BCUT2D eigenvalue weighted by Crippen LogP contribution is -2.47. The molecule has 0 amide bonds. The van der Waals surface area contributed by atoms with Crippen LogP contribution in [-0.2, 0) is 0 Å². The zero-order valence-electron chi connectivity index (χ0n) is 12.3. The van der Waals surface area contributed by atoms with Gasteiger partial charge in [0.2, 0.25) is 0 Å². The number of halogens is 1. The van der Waals surface area contributed by atoms with Crippen LogP contribution in [0.15, 0.2) is 6.07 Å². The molecule has 0 aromatic carbocycles. The summed E-state index contributed by atoms with van der Waals surface area (Å²) in [5, 5.41) is 0.585. The van der Waals surface area contributed by atoms with Gasteiger partial charge in [0.25, 0.3) is 0 Å². The predicted molar refractivity (Wildman–Crippen MR) is 82.5 cm³/mol. The van der Waals surface area contributed by atoms with Gasteiger partial charge in [-0.3, -0.25) is 4.90 Å². The second kappa shape index (κ2) is 5.86. The van der Waals surface area contributed by atoms with Crippen molar-refractivity contribution in [1.82, 2.24) is 14.9 Å². The van der Waals surface area contributed by atoms with Crippen LogP contribution < -0.4 is 4.90 Å². The van der Waals surface area contributed by atoms with Crippen molar-refractivity contribution in [2.45, 2.75) is 32.6 Å². The summed E-state index contributed by atoms with van der Waals surface area (Å²) in [7, 11) is 0. The molecule has 0 N–H and O–H groups in total. The average Bonchev–Trinajstić information content (AvgIpc) is 3.22. The van der Waals surface area contributed by atoms with E-state index in [0.29, 0.717) is 11.1 Å². The Balaban J connectivity index is 1.65. The molecular formula is C15H23ClN4. The fourth-order valence-corrected chi connectivity index (χ4v) is 2.97. The van der Waals surface area contributed by atoms with Gasteiger partial charge >= 0.3 is 0 Å². The summed E-state index contributed by atoms with van der Waals surface area (Å²) in [4.78, 5) is 14.0. The van der Waals surface area contributed by atoms with Crippen LogP contribution in [0.25, 0.3) is 0 Å². The fourth-order valence-electron chi connectivity index (χ4n) is 2.78. The quantitative estimate of drug-likeness (QED) is 0.799. The number of aromatic nitrogens is 2. The van der Waals surface area contributed by atoms with E-state index in [-0.39, 0.29) is 0 Å². The monoisotopic (exact) mass is 294 g/mol. The number of hydrogen-bond donors (Lipinski definition) is 0. The maximum Gasteiger partial charge on any atom is 0.135 e. The SMILES string of the molecule is CC(C)CN1CCN(c2cc(Cl)nc(C3CC3)n2)CC1. The molecule has 20 heavy (non-hydrogen) atoms. The smallest absolute Gasteiger partial charge is 0.135 e. The Labute approximate surface area is 126 Å². The predicted octanol–water partition coefficient (Wildman–Crippen LogP) is 2.79. The summed E-state index contributed by atoms with van der Waals surface area (Å²) >= 11 is 6.15. The molecule has 0 bridgehead atoms. The van der Waals surface area contributed by atoms with Gasteiger partial charge < -0.3 is 4.90 Å². The van der Waals surface area contributed by atoms with Crippen LogP contribution in [0, 0.1) is 5.92 Å². The average molecular weight is 295 g/mol. The normalized spacial score (nSPS) is 20.7. The maximum atomic E-state index is 6.15. The van der Waals surface area contributed by atoms with Gasteiger partial charge in [0.1, 0.15) is 16.8 Å². The molecule has 1 saturated carbocycles. The van der Waals surface area contributed by atoms with Crippen LogP contribution in [0.1, 0.15) is 38.4 Å². The van der Waals surface area contributed by atoms with Gasteiger partial charge in [-0.25, -0.2) is 9.97 Å². The van der Waals surface area contributed by atoms with Crippen LogP contribution in [0.3, 0.4) is 0 Å². The lowest BCUT2D eigenvalue weighted by atomic mass is 10.2. The zero-order valence-corrected chi connectivity index (χ0v) is 13.1. The summed E-state index contributed by atoms with van der Waals surface area (Å²) in [5.74, 6) is 3.24. The molecule has 1 aromatic heterocycles. The molecule has 110 valence electrons. The van der Waals surface area contributed by atoms with E-state index in [1.807, 2.05) is 6.07 Å². The molecule has 5 heteroatoms. The zero-order chi connectivity index (χ0) is 14.1. The van der Waals surface area contributed by atoms with Gasteiger partial charge in [-0.2, -0.15) is 0 Å². The number of rotatable bonds is 4.